The Kier molecular flexibility index (Phi) is 17.9. The molecular weight excluding hydrogens is 1120 g/mol. The second-order valence-electron chi connectivity index (χ2n) is 20.8. The van der Waals surface area contributed by atoms with Crippen LogP contribution in [-0.2, 0) is 67.5 Å². The highest BCUT2D eigenvalue weighted by molar-refractivity contribution is 5.58. The molecule has 10 rings (SSSR count). The Bertz CT molecular complexity index is 3350. The Balaban J connectivity index is 0.978. The minimum atomic E-state index is -3.26. The Morgan fingerprint density at radius 3 is 0.793 bits per heavy atom. The molecule has 3 atom stereocenters. The molecule has 0 saturated carbocycles. The van der Waals surface area contributed by atoms with Crippen molar-refractivity contribution in [3.63, 3.8) is 0 Å². The van der Waals surface area contributed by atoms with E-state index < -0.39 is 39.4 Å². The van der Waals surface area contributed by atoms with Crippen LogP contribution in [0.2, 0.25) is 0 Å². The van der Waals surface area contributed by atoms with Gasteiger partial charge >= 0.3 is 0 Å². The van der Waals surface area contributed by atoms with Crippen LogP contribution >= 0.6 is 0 Å². The summed E-state index contributed by atoms with van der Waals surface area (Å²) in [6, 6.07) is 23.2. The van der Waals surface area contributed by atoms with Gasteiger partial charge in [-0.05, 0) is 200 Å². The summed E-state index contributed by atoms with van der Waals surface area (Å²) < 4.78 is 214. The molecule has 1 aliphatic carbocycles. The quantitative estimate of drug-likeness (QED) is 0.0417. The SMILES string of the molecule is [2H]C([2H])(Oc1ccc(COC2CCCCO2)cc1OC)C([2H])([2H])Oc1cc2c(cc1OC)Cc1cc(OC([2H])([2H])C([2H])([2H])Oc3ccc(COC4CCCCO4)cc3OC)c(OC)cc1Cc1cc(OC([2H])([2H])C([2H])([2H])Oc3ccc(COC4CCCCO4)cc3OC)c(OC)cc1C2. The molecule has 3 unspecified atom stereocenters. The van der Waals surface area contributed by atoms with Crippen LogP contribution in [0.4, 0.5) is 0 Å². The molecule has 3 aliphatic heterocycles. The van der Waals surface area contributed by atoms with Gasteiger partial charge in [0.1, 0.15) is 39.4 Å². The van der Waals surface area contributed by atoms with Crippen LogP contribution in [0.25, 0.3) is 0 Å². The van der Waals surface area contributed by atoms with Crippen molar-refractivity contribution in [1.82, 2.24) is 0 Å². The van der Waals surface area contributed by atoms with Crippen LogP contribution in [0, 0.1) is 0 Å². The molecule has 18 heteroatoms. The van der Waals surface area contributed by atoms with E-state index in [1.807, 2.05) is 0 Å². The molecule has 3 fully saturated rings. The van der Waals surface area contributed by atoms with E-state index in [0.717, 1.165) is 57.8 Å². The molecule has 468 valence electrons. The predicted molar refractivity (Wildman–Crippen MR) is 324 cm³/mol. The first-order valence-electron chi connectivity index (χ1n) is 35.1. The van der Waals surface area contributed by atoms with Crippen LogP contribution in [-0.4, -0.2) is 121 Å². The number of hydrogen-bond acceptors (Lipinski definition) is 18. The molecule has 0 N–H and O–H groups in total. The maximum Gasteiger partial charge on any atom is 0.161 e. The maximum atomic E-state index is 9.15. The van der Waals surface area contributed by atoms with Crippen molar-refractivity contribution in [3.8, 4) is 69.0 Å². The third-order valence-electron chi connectivity index (χ3n) is 15.1. The molecular formula is C69H84O18. The highest BCUT2D eigenvalue weighted by atomic mass is 16.7. The molecule has 0 bridgehead atoms. The summed E-state index contributed by atoms with van der Waals surface area (Å²) in [5, 5.41) is 0. The number of rotatable bonds is 30. The molecule has 6 aromatic rings. The fourth-order valence-electron chi connectivity index (χ4n) is 10.5. The summed E-state index contributed by atoms with van der Waals surface area (Å²) >= 11 is 0. The van der Waals surface area contributed by atoms with Gasteiger partial charge in [0.15, 0.2) is 87.9 Å². The minimum Gasteiger partial charge on any atom is -0.493 e. The third-order valence-corrected chi connectivity index (χ3v) is 15.1. The van der Waals surface area contributed by atoms with Gasteiger partial charge in [-0.2, -0.15) is 0 Å². The smallest absolute Gasteiger partial charge is 0.161 e. The zero-order valence-corrected chi connectivity index (χ0v) is 50.0. The van der Waals surface area contributed by atoms with Crippen molar-refractivity contribution >= 4 is 0 Å². The maximum absolute atomic E-state index is 9.15. The average Bonchev–Trinajstić information content (AvgIpc) is 1.69. The number of methoxy groups -OCH3 is 6. The Hall–Kier alpha value is -7.32. The fourth-order valence-corrected chi connectivity index (χ4v) is 10.5. The summed E-state index contributed by atoms with van der Waals surface area (Å²) in [6.45, 7) is -17.2. The Labute approximate surface area is 528 Å². The van der Waals surface area contributed by atoms with Crippen LogP contribution in [0.1, 0.15) is 124 Å². The zero-order valence-electron chi connectivity index (χ0n) is 62.0. The molecule has 87 heavy (non-hydrogen) atoms. The van der Waals surface area contributed by atoms with Crippen molar-refractivity contribution in [1.29, 1.82) is 0 Å². The number of benzene rings is 6. The third kappa shape index (κ3) is 17.3. The summed E-state index contributed by atoms with van der Waals surface area (Å²) in [7, 11) is 8.05. The van der Waals surface area contributed by atoms with Crippen LogP contribution in [0.3, 0.4) is 0 Å². The van der Waals surface area contributed by atoms with Gasteiger partial charge in [-0.15, -0.1) is 0 Å². The van der Waals surface area contributed by atoms with Gasteiger partial charge in [0.2, 0.25) is 0 Å². The highest BCUT2D eigenvalue weighted by Gasteiger charge is 2.25. The van der Waals surface area contributed by atoms with Crippen molar-refractivity contribution in [2.75, 3.05) is 102 Å². The lowest BCUT2D eigenvalue weighted by Crippen LogP contribution is -2.22. The number of ether oxygens (including phenoxy) is 18. The topological polar surface area (TPSA) is 166 Å². The first kappa shape index (κ1) is 48.7. The summed E-state index contributed by atoms with van der Waals surface area (Å²) in [5.41, 5.74) is 4.94. The monoisotopic (exact) mass is 1210 g/mol. The van der Waals surface area contributed by atoms with E-state index in [4.69, 9.17) is 102 Å². The first-order chi connectivity index (χ1) is 47.2. The van der Waals surface area contributed by atoms with Gasteiger partial charge in [-0.3, -0.25) is 0 Å². The van der Waals surface area contributed by atoms with Crippen molar-refractivity contribution < 1.29 is 102 Å². The molecule has 4 aliphatic rings. The Morgan fingerprint density at radius 2 is 0.552 bits per heavy atom. The highest BCUT2D eigenvalue weighted by Crippen LogP contribution is 2.42. The molecule has 3 heterocycles. The van der Waals surface area contributed by atoms with E-state index in [1.165, 1.54) is 79.1 Å². The van der Waals surface area contributed by atoms with Crippen LogP contribution in [0.5, 0.6) is 69.0 Å². The van der Waals surface area contributed by atoms with Gasteiger partial charge in [0.05, 0.1) is 78.9 Å². The largest absolute Gasteiger partial charge is 0.493 e. The normalized spacial score (nSPS) is 20.4. The molecule has 0 aromatic heterocycles. The average molecular weight is 1210 g/mol. The summed E-state index contributed by atoms with van der Waals surface area (Å²) in [5.74, 6) is -0.977. The molecule has 3 saturated heterocycles. The van der Waals surface area contributed by atoms with Gasteiger partial charge in [0, 0.05) is 19.8 Å². The molecule has 6 aromatic carbocycles. The van der Waals surface area contributed by atoms with Crippen molar-refractivity contribution in [3.05, 3.63) is 141 Å². The summed E-state index contributed by atoms with van der Waals surface area (Å²) in [4.78, 5) is 0. The molecule has 0 radical (unpaired) electrons. The van der Waals surface area contributed by atoms with Gasteiger partial charge < -0.3 is 85.3 Å². The van der Waals surface area contributed by atoms with Gasteiger partial charge in [-0.25, -0.2) is 0 Å². The standard InChI is InChI=1S/C69H84O18/c1-70-58-31-46(43-85-67-13-7-10-22-82-67)16-19-55(58)76-25-28-79-64-40-52-34-50-38-62(74-5)66(81-30-27-78-57-21-18-48(33-60(57)72-3)45-87-69-15-9-12-24-84-69)42-54(50)36-51-39-63(75-6)65(41-53(51)35-49(52)37-61(64)73-4)80-29-26-77-56-20-17-47(32-59(56)71-2)44-86-68-14-8-11-23-83-68/h16-21,31-33,37-42,67-69H,7-15,22-30,34-36,43-45H2,1-6H3/i25D2,26D2,27D2,28D2,29D2,30D2. The van der Waals surface area contributed by atoms with Crippen LogP contribution in [0.15, 0.2) is 91.0 Å². The fraction of sp³-hybridized carbons (Fsp3) is 0.478. The lowest BCUT2D eigenvalue weighted by Gasteiger charge is -2.22. The van der Waals surface area contributed by atoms with Crippen molar-refractivity contribution in [2.24, 2.45) is 0 Å². The van der Waals surface area contributed by atoms with E-state index in [-0.39, 0.29) is 127 Å². The second-order valence-corrected chi connectivity index (χ2v) is 20.8. The number of hydrogen-bond donors (Lipinski definition) is 0. The Morgan fingerprint density at radius 1 is 0.310 bits per heavy atom. The van der Waals surface area contributed by atoms with Crippen molar-refractivity contribution in [2.45, 2.75) is 116 Å². The second kappa shape index (κ2) is 32.1. The number of fused-ring (bicyclic) bond motifs is 3. The lowest BCUT2D eigenvalue weighted by atomic mass is 9.94. The van der Waals surface area contributed by atoms with E-state index >= 15 is 0 Å². The van der Waals surface area contributed by atoms with Crippen LogP contribution < -0.4 is 56.8 Å². The molecule has 0 spiro atoms. The van der Waals surface area contributed by atoms with E-state index in [0.29, 0.717) is 69.9 Å². The van der Waals surface area contributed by atoms with E-state index in [2.05, 4.69) is 0 Å². The lowest BCUT2D eigenvalue weighted by molar-refractivity contribution is -0.169. The van der Waals surface area contributed by atoms with Gasteiger partial charge in [0.25, 0.3) is 0 Å². The zero-order chi connectivity index (χ0) is 70.9. The minimum absolute atomic E-state index is 0.000501. The van der Waals surface area contributed by atoms with E-state index in [9.17, 15) is 0 Å². The molecule has 0 amide bonds. The first-order valence-corrected chi connectivity index (χ1v) is 29.1. The molecule has 18 nitrogen and oxygen atoms in total. The predicted octanol–water partition coefficient (Wildman–Crippen LogP) is 12.3. The van der Waals surface area contributed by atoms with E-state index in [1.54, 1.807) is 54.6 Å². The van der Waals surface area contributed by atoms with Gasteiger partial charge in [-0.1, -0.05) is 18.2 Å². The summed E-state index contributed by atoms with van der Waals surface area (Å²) in [6.07, 6.45) is 6.88.